The minimum atomic E-state index is -3.94. The molecule has 0 saturated carbocycles. The average Bonchev–Trinajstić information content (AvgIpc) is 2.67. The van der Waals surface area contributed by atoms with E-state index in [-0.39, 0.29) is 16.1 Å². The Hall–Kier alpha value is -3.27. The van der Waals surface area contributed by atoms with Gasteiger partial charge in [-0.2, -0.15) is 0 Å². The maximum absolute atomic E-state index is 12.7. The summed E-state index contributed by atoms with van der Waals surface area (Å²) >= 11 is 0. The van der Waals surface area contributed by atoms with Crippen molar-refractivity contribution in [2.24, 2.45) is 5.73 Å². The van der Waals surface area contributed by atoms with E-state index in [1.54, 1.807) is 0 Å². The molecule has 0 spiro atoms. The van der Waals surface area contributed by atoms with Crippen LogP contribution in [-0.4, -0.2) is 39.6 Å². The lowest BCUT2D eigenvalue weighted by Crippen LogP contribution is -2.30. The highest BCUT2D eigenvalue weighted by Crippen LogP contribution is 2.32. The van der Waals surface area contributed by atoms with E-state index in [9.17, 15) is 18.0 Å². The van der Waals surface area contributed by atoms with Gasteiger partial charge in [0.1, 0.15) is 13.2 Å². The van der Waals surface area contributed by atoms with E-state index in [0.717, 1.165) is 0 Å². The van der Waals surface area contributed by atoms with Crippen molar-refractivity contribution in [3.05, 3.63) is 48.0 Å². The standard InChI is InChI=1S/C18H18N2O7S/c1-11(17(19)21)27-18(22)12-3-2-4-13(9-12)20-28(23,24)14-5-6-15-16(10-14)26-8-7-25-15/h2-6,9-11,20H,7-8H2,1H3,(H2,19,21)/t11-/m0/s1. The third-order valence-corrected chi connectivity index (χ3v) is 5.24. The third kappa shape index (κ3) is 4.34. The molecule has 0 saturated heterocycles. The molecule has 3 N–H and O–H groups in total. The zero-order valence-corrected chi connectivity index (χ0v) is 15.7. The first kappa shape index (κ1) is 19.5. The summed E-state index contributed by atoms with van der Waals surface area (Å²) in [6, 6.07) is 9.95. The first-order valence-corrected chi connectivity index (χ1v) is 9.77. The van der Waals surface area contributed by atoms with Crippen molar-refractivity contribution >= 4 is 27.6 Å². The number of carbonyl (C=O) groups excluding carboxylic acids is 2. The fourth-order valence-electron chi connectivity index (χ4n) is 2.40. The number of carbonyl (C=O) groups is 2. The Labute approximate surface area is 161 Å². The molecule has 1 aliphatic heterocycles. The number of rotatable bonds is 6. The molecular weight excluding hydrogens is 388 g/mol. The van der Waals surface area contributed by atoms with E-state index >= 15 is 0 Å². The second-order valence-corrected chi connectivity index (χ2v) is 7.62. The van der Waals surface area contributed by atoms with Crippen molar-refractivity contribution in [2.45, 2.75) is 17.9 Å². The molecule has 10 heteroatoms. The summed E-state index contributed by atoms with van der Waals surface area (Å²) in [5.74, 6) is -0.777. The van der Waals surface area contributed by atoms with Crippen LogP contribution in [0.3, 0.4) is 0 Å². The van der Waals surface area contributed by atoms with Gasteiger partial charge >= 0.3 is 5.97 Å². The zero-order valence-electron chi connectivity index (χ0n) is 14.9. The maximum atomic E-state index is 12.7. The molecule has 2 aromatic carbocycles. The molecule has 1 amide bonds. The Kier molecular flexibility index (Phi) is 5.41. The number of amides is 1. The molecule has 9 nitrogen and oxygen atoms in total. The Bertz CT molecular complexity index is 1020. The summed E-state index contributed by atoms with van der Waals surface area (Å²) in [5, 5.41) is 0. The number of hydrogen-bond acceptors (Lipinski definition) is 7. The van der Waals surface area contributed by atoms with Crippen molar-refractivity contribution in [2.75, 3.05) is 17.9 Å². The van der Waals surface area contributed by atoms with E-state index in [1.165, 1.54) is 49.4 Å². The summed E-state index contributed by atoms with van der Waals surface area (Å²) in [6.45, 7) is 2.07. The van der Waals surface area contributed by atoms with Gasteiger partial charge in [-0.3, -0.25) is 9.52 Å². The number of ether oxygens (including phenoxy) is 3. The van der Waals surface area contributed by atoms with Crippen molar-refractivity contribution in [1.29, 1.82) is 0 Å². The highest BCUT2D eigenvalue weighted by molar-refractivity contribution is 7.92. The predicted octanol–water partition coefficient (Wildman–Crippen LogP) is 1.29. The van der Waals surface area contributed by atoms with Crippen LogP contribution in [0.25, 0.3) is 0 Å². The Morgan fingerprint density at radius 1 is 1.11 bits per heavy atom. The van der Waals surface area contributed by atoms with Crippen LogP contribution in [0.15, 0.2) is 47.4 Å². The van der Waals surface area contributed by atoms with Crippen LogP contribution in [0.4, 0.5) is 5.69 Å². The number of hydrogen-bond donors (Lipinski definition) is 2. The SMILES string of the molecule is C[C@H](OC(=O)c1cccc(NS(=O)(=O)c2ccc3c(c2)OCCO3)c1)C(N)=O. The van der Waals surface area contributed by atoms with Crippen molar-refractivity contribution in [1.82, 2.24) is 0 Å². The first-order valence-electron chi connectivity index (χ1n) is 8.29. The number of fused-ring (bicyclic) bond motifs is 1. The van der Waals surface area contributed by atoms with E-state index in [0.29, 0.717) is 24.7 Å². The first-order chi connectivity index (χ1) is 13.3. The lowest BCUT2D eigenvalue weighted by molar-refractivity contribution is -0.125. The molecule has 0 bridgehead atoms. The molecule has 2 aromatic rings. The molecule has 1 atom stereocenters. The quantitative estimate of drug-likeness (QED) is 0.690. The minimum absolute atomic E-state index is 0.0212. The minimum Gasteiger partial charge on any atom is -0.486 e. The number of benzene rings is 2. The predicted molar refractivity (Wildman–Crippen MR) is 98.8 cm³/mol. The van der Waals surface area contributed by atoms with Gasteiger partial charge in [-0.25, -0.2) is 13.2 Å². The maximum Gasteiger partial charge on any atom is 0.338 e. The van der Waals surface area contributed by atoms with Gasteiger partial charge in [-0.1, -0.05) is 6.07 Å². The third-order valence-electron chi connectivity index (χ3n) is 3.86. The summed E-state index contributed by atoms with van der Waals surface area (Å²) in [7, 11) is -3.94. The summed E-state index contributed by atoms with van der Waals surface area (Å²) in [4.78, 5) is 23.1. The Morgan fingerprint density at radius 2 is 1.82 bits per heavy atom. The monoisotopic (exact) mass is 406 g/mol. The van der Waals surface area contributed by atoms with Gasteiger partial charge < -0.3 is 19.9 Å². The molecule has 0 radical (unpaired) electrons. The van der Waals surface area contributed by atoms with Gasteiger partial charge in [0.15, 0.2) is 17.6 Å². The van der Waals surface area contributed by atoms with Crippen molar-refractivity contribution in [3.8, 4) is 11.5 Å². The van der Waals surface area contributed by atoms with Gasteiger partial charge in [-0.05, 0) is 37.3 Å². The van der Waals surface area contributed by atoms with Crippen molar-refractivity contribution < 1.29 is 32.2 Å². The molecule has 28 heavy (non-hydrogen) atoms. The number of esters is 1. The molecule has 1 heterocycles. The number of nitrogens with one attached hydrogen (secondary N) is 1. The van der Waals surface area contributed by atoms with Gasteiger partial charge in [0.25, 0.3) is 15.9 Å². The Morgan fingerprint density at radius 3 is 2.54 bits per heavy atom. The van der Waals surface area contributed by atoms with Gasteiger partial charge in [0.2, 0.25) is 0 Å². The Balaban J connectivity index is 1.79. The van der Waals surface area contributed by atoms with Crippen LogP contribution < -0.4 is 19.9 Å². The summed E-state index contributed by atoms with van der Waals surface area (Å²) < 4.78 is 43.4. The number of sulfonamides is 1. The molecule has 0 fully saturated rings. The molecule has 0 aliphatic carbocycles. The second-order valence-electron chi connectivity index (χ2n) is 5.94. The fraction of sp³-hybridized carbons (Fsp3) is 0.222. The van der Waals surface area contributed by atoms with Crippen molar-refractivity contribution in [3.63, 3.8) is 0 Å². The van der Waals surface area contributed by atoms with Crippen LogP contribution in [0.1, 0.15) is 17.3 Å². The highest BCUT2D eigenvalue weighted by Gasteiger charge is 2.21. The molecule has 0 unspecified atom stereocenters. The van der Waals surface area contributed by atoms with Crippen LogP contribution in [0.2, 0.25) is 0 Å². The van der Waals surface area contributed by atoms with Crippen LogP contribution in [-0.2, 0) is 19.6 Å². The largest absolute Gasteiger partial charge is 0.486 e. The van der Waals surface area contributed by atoms with Crippen LogP contribution in [0.5, 0.6) is 11.5 Å². The second kappa shape index (κ2) is 7.77. The van der Waals surface area contributed by atoms with E-state index < -0.39 is 28.0 Å². The van der Waals surface area contributed by atoms with E-state index in [1.807, 2.05) is 0 Å². The summed E-state index contributed by atoms with van der Waals surface area (Å²) in [6.07, 6.45) is -1.11. The number of nitrogens with two attached hydrogens (primary N) is 1. The lowest BCUT2D eigenvalue weighted by Gasteiger charge is -2.19. The average molecular weight is 406 g/mol. The number of primary amides is 1. The molecule has 1 aliphatic rings. The highest BCUT2D eigenvalue weighted by atomic mass is 32.2. The lowest BCUT2D eigenvalue weighted by atomic mass is 10.2. The van der Waals surface area contributed by atoms with Gasteiger partial charge in [0, 0.05) is 11.8 Å². The smallest absolute Gasteiger partial charge is 0.338 e. The van der Waals surface area contributed by atoms with Crippen LogP contribution >= 0.6 is 0 Å². The van der Waals surface area contributed by atoms with Gasteiger partial charge in [-0.15, -0.1) is 0 Å². The summed E-state index contributed by atoms with van der Waals surface area (Å²) in [5.41, 5.74) is 5.28. The molecule has 148 valence electrons. The molecular formula is C18H18N2O7S. The fourth-order valence-corrected chi connectivity index (χ4v) is 3.47. The van der Waals surface area contributed by atoms with Crippen LogP contribution in [0, 0.1) is 0 Å². The topological polar surface area (TPSA) is 134 Å². The normalized spacial score (nSPS) is 14.0. The molecule has 0 aromatic heterocycles. The number of anilines is 1. The van der Waals surface area contributed by atoms with Gasteiger partial charge in [0.05, 0.1) is 10.5 Å². The molecule has 3 rings (SSSR count). The van der Waals surface area contributed by atoms with E-state index in [4.69, 9.17) is 19.9 Å². The zero-order chi connectivity index (χ0) is 20.3. The van der Waals surface area contributed by atoms with E-state index in [2.05, 4.69) is 4.72 Å².